The molecule has 0 fully saturated rings. The zero-order valence-electron chi connectivity index (χ0n) is 14.3. The molecule has 2 aromatic carbocycles. The van der Waals surface area contributed by atoms with Gasteiger partial charge in [-0.05, 0) is 23.3 Å². The summed E-state index contributed by atoms with van der Waals surface area (Å²) < 4.78 is 26.4. The third kappa shape index (κ3) is 4.80. The minimum absolute atomic E-state index is 0.000769. The minimum Gasteiger partial charge on any atom is -0.478 e. The molecule has 1 unspecified atom stereocenters. The Balaban J connectivity index is 2.64. The first-order valence-electron chi connectivity index (χ1n) is 7.67. The van der Waals surface area contributed by atoms with Crippen LogP contribution in [0.5, 0.6) is 0 Å². The summed E-state index contributed by atoms with van der Waals surface area (Å²) in [4.78, 5) is 23.4. The normalized spacial score (nSPS) is 14.1. The quantitative estimate of drug-likeness (QED) is 0.362. The second kappa shape index (κ2) is 7.97. The number of esters is 1. The number of hydrogen-bond donors (Lipinski definition) is 1. The molecule has 7 heteroatoms. The molecule has 6 nitrogen and oxygen atoms in total. The molecule has 0 aliphatic carbocycles. The van der Waals surface area contributed by atoms with Gasteiger partial charge in [-0.15, -0.1) is 0 Å². The van der Waals surface area contributed by atoms with Crippen molar-refractivity contribution in [2.45, 2.75) is 11.8 Å². The van der Waals surface area contributed by atoms with E-state index < -0.39 is 21.8 Å². The van der Waals surface area contributed by atoms with Crippen LogP contribution in [0.2, 0.25) is 0 Å². The fourth-order valence-corrected chi connectivity index (χ4v) is 3.05. The Morgan fingerprint density at radius 2 is 1.62 bits per heavy atom. The Morgan fingerprint density at radius 1 is 1.04 bits per heavy atom. The Kier molecular flexibility index (Phi) is 5.94. The van der Waals surface area contributed by atoms with Crippen LogP contribution >= 0.6 is 0 Å². The van der Waals surface area contributed by atoms with Crippen molar-refractivity contribution in [3.05, 3.63) is 65.7 Å². The summed E-state index contributed by atoms with van der Waals surface area (Å²) >= 11 is 0. The number of hydrogen-bond acceptors (Lipinski definition) is 4. The molecule has 0 spiro atoms. The van der Waals surface area contributed by atoms with Crippen LogP contribution < -0.4 is 0 Å². The summed E-state index contributed by atoms with van der Waals surface area (Å²) in [5.74, 6) is -1.70. The molecule has 26 heavy (non-hydrogen) atoms. The summed E-state index contributed by atoms with van der Waals surface area (Å²) in [5.41, 5.74) is 1.25. The summed E-state index contributed by atoms with van der Waals surface area (Å²) in [6.07, 6.45) is 1.20. The van der Waals surface area contributed by atoms with Gasteiger partial charge in [0, 0.05) is 12.5 Å². The van der Waals surface area contributed by atoms with E-state index in [-0.39, 0.29) is 17.1 Å². The molecule has 0 radical (unpaired) electrons. The standard InChI is InChI=1S/C19H18O6S/c1-13(20)25-12-17(14-8-10-16(11-9-14)26(2,23)24)18(19(21)22)15-6-4-3-5-7-15/h3-11H,12H2,1-2H3,(H,21,22)/p+1/b18-17+. The van der Waals surface area contributed by atoms with E-state index >= 15 is 0 Å². The van der Waals surface area contributed by atoms with E-state index in [1.807, 2.05) is 0 Å². The summed E-state index contributed by atoms with van der Waals surface area (Å²) in [6, 6.07) is 14.5. The Bertz CT molecular complexity index is 941. The Hall–Kier alpha value is -2.93. The van der Waals surface area contributed by atoms with Gasteiger partial charge in [0.15, 0.2) is 0 Å². The van der Waals surface area contributed by atoms with Crippen molar-refractivity contribution >= 4 is 32.9 Å². The monoisotopic (exact) mass is 375 g/mol. The zero-order valence-corrected chi connectivity index (χ0v) is 15.2. The van der Waals surface area contributed by atoms with Crippen molar-refractivity contribution < 1.29 is 27.9 Å². The summed E-state index contributed by atoms with van der Waals surface area (Å²) in [6.45, 7) is 1.01. The van der Waals surface area contributed by atoms with Gasteiger partial charge in [-0.3, -0.25) is 4.79 Å². The SMILES string of the molecule is CC(=O)OC/C(=C(\C(=O)O)c1ccccc1)c1ccc(S(C)(=O)=[OH+])cc1. The Morgan fingerprint density at radius 3 is 2.08 bits per heavy atom. The second-order valence-electron chi connectivity index (χ2n) is 5.63. The van der Waals surface area contributed by atoms with Crippen molar-refractivity contribution in [2.24, 2.45) is 0 Å². The molecule has 0 saturated carbocycles. The van der Waals surface area contributed by atoms with Gasteiger partial charge in [-0.25, -0.2) is 9.00 Å². The van der Waals surface area contributed by atoms with E-state index in [1.54, 1.807) is 42.5 Å². The van der Waals surface area contributed by atoms with E-state index in [0.717, 1.165) is 0 Å². The van der Waals surface area contributed by atoms with Gasteiger partial charge >= 0.3 is 11.9 Å². The molecule has 0 aliphatic heterocycles. The van der Waals surface area contributed by atoms with Crippen molar-refractivity contribution in [3.63, 3.8) is 0 Å². The second-order valence-corrected chi connectivity index (χ2v) is 7.71. The lowest BCUT2D eigenvalue weighted by Gasteiger charge is -2.14. The maximum atomic E-state index is 11.9. The number of carbonyl (C=O) groups is 2. The molecule has 2 aromatic rings. The highest BCUT2D eigenvalue weighted by Crippen LogP contribution is 2.28. The van der Waals surface area contributed by atoms with E-state index in [9.17, 15) is 23.1 Å². The topological polar surface area (TPSA) is 102 Å². The molecule has 2 N–H and O–H groups in total. The molecular formula is C19H19O6S+. The van der Waals surface area contributed by atoms with Crippen LogP contribution in [0.4, 0.5) is 0 Å². The average molecular weight is 375 g/mol. The zero-order chi connectivity index (χ0) is 19.3. The summed E-state index contributed by atoms with van der Waals surface area (Å²) in [7, 11) is -3.13. The highest BCUT2D eigenvalue weighted by Gasteiger charge is 2.20. The molecule has 0 heterocycles. The third-order valence-electron chi connectivity index (χ3n) is 3.64. The third-order valence-corrected chi connectivity index (χ3v) is 4.78. The molecule has 0 amide bonds. The van der Waals surface area contributed by atoms with Crippen LogP contribution in [0.3, 0.4) is 0 Å². The number of carboxylic acid groups (broad SMARTS) is 1. The molecule has 0 bridgehead atoms. The maximum absolute atomic E-state index is 11.9. The number of aliphatic carboxylic acids is 1. The van der Waals surface area contributed by atoms with Crippen molar-refractivity contribution in [2.75, 3.05) is 12.9 Å². The number of benzene rings is 2. The van der Waals surface area contributed by atoms with Crippen LogP contribution in [-0.4, -0.2) is 38.3 Å². The predicted molar refractivity (Wildman–Crippen MR) is 98.2 cm³/mol. The molecule has 1 atom stereocenters. The first kappa shape index (κ1) is 19.4. The van der Waals surface area contributed by atoms with E-state index in [2.05, 4.69) is 0 Å². The Labute approximate surface area is 151 Å². The van der Waals surface area contributed by atoms with Crippen molar-refractivity contribution in [3.8, 4) is 0 Å². The largest absolute Gasteiger partial charge is 0.478 e. The lowest BCUT2D eigenvalue weighted by Crippen LogP contribution is -2.10. The lowest BCUT2D eigenvalue weighted by atomic mass is 9.95. The first-order chi connectivity index (χ1) is 12.2. The molecule has 0 saturated heterocycles. The molecule has 2 rings (SSSR count). The number of rotatable bonds is 6. The highest BCUT2D eigenvalue weighted by atomic mass is 32.2. The van der Waals surface area contributed by atoms with E-state index in [0.29, 0.717) is 16.7 Å². The van der Waals surface area contributed by atoms with Gasteiger partial charge < -0.3 is 9.84 Å². The molecular weight excluding hydrogens is 356 g/mol. The van der Waals surface area contributed by atoms with Crippen LogP contribution in [-0.2, 0) is 24.2 Å². The van der Waals surface area contributed by atoms with E-state index in [4.69, 9.17) is 4.74 Å². The van der Waals surface area contributed by atoms with Gasteiger partial charge in [0.25, 0.3) is 9.84 Å². The molecule has 0 aromatic heterocycles. The predicted octanol–water partition coefficient (Wildman–Crippen LogP) is 2.81. The van der Waals surface area contributed by atoms with Gasteiger partial charge in [0.05, 0.1) is 11.8 Å². The summed E-state index contributed by atoms with van der Waals surface area (Å²) in [5, 5.41) is 9.72. The molecule has 0 aliphatic rings. The smallest absolute Gasteiger partial charge is 0.336 e. The van der Waals surface area contributed by atoms with Gasteiger partial charge in [-0.2, -0.15) is 4.21 Å². The number of ether oxygens (including phenoxy) is 1. The highest BCUT2D eigenvalue weighted by molar-refractivity contribution is 7.90. The average Bonchev–Trinajstić information content (AvgIpc) is 2.58. The van der Waals surface area contributed by atoms with Crippen molar-refractivity contribution in [1.82, 2.24) is 0 Å². The number of carboxylic acids is 1. The van der Waals surface area contributed by atoms with Gasteiger partial charge in [0.1, 0.15) is 11.5 Å². The van der Waals surface area contributed by atoms with Crippen LogP contribution in [0.15, 0.2) is 59.5 Å². The van der Waals surface area contributed by atoms with Crippen LogP contribution in [0.1, 0.15) is 18.1 Å². The lowest BCUT2D eigenvalue weighted by molar-refractivity contribution is -0.139. The van der Waals surface area contributed by atoms with Gasteiger partial charge in [0.2, 0.25) is 0 Å². The fourth-order valence-electron chi connectivity index (χ4n) is 2.41. The first-order valence-corrected chi connectivity index (χ1v) is 9.60. The van der Waals surface area contributed by atoms with Crippen LogP contribution in [0, 0.1) is 0 Å². The van der Waals surface area contributed by atoms with E-state index in [1.165, 1.54) is 25.3 Å². The minimum atomic E-state index is -3.13. The molecule has 136 valence electrons. The van der Waals surface area contributed by atoms with Crippen LogP contribution in [0.25, 0.3) is 11.1 Å². The fraction of sp³-hybridized carbons (Fsp3) is 0.158. The number of carbonyl (C=O) groups excluding carboxylic acids is 1. The van der Waals surface area contributed by atoms with Crippen molar-refractivity contribution in [1.29, 1.82) is 0 Å². The maximum Gasteiger partial charge on any atom is 0.336 e. The van der Waals surface area contributed by atoms with Gasteiger partial charge in [-0.1, -0.05) is 42.5 Å².